The molecule has 0 bridgehead atoms. The summed E-state index contributed by atoms with van der Waals surface area (Å²) in [6.45, 7) is 11.2. The topological polar surface area (TPSA) is 55.8 Å². The Morgan fingerprint density at radius 2 is 1.52 bits per heavy atom. The van der Waals surface area contributed by atoms with Crippen LogP contribution >= 0.6 is 0 Å². The fourth-order valence-corrected chi connectivity index (χ4v) is 2.04. The van der Waals surface area contributed by atoms with Gasteiger partial charge in [-0.2, -0.15) is 0 Å². The van der Waals surface area contributed by atoms with Gasteiger partial charge in [-0.05, 0) is 31.1 Å². The molecule has 0 radical (unpaired) electrons. The Balaban J connectivity index is 2.68. The molecule has 0 aromatic heterocycles. The van der Waals surface area contributed by atoms with Crippen LogP contribution in [0.15, 0.2) is 24.3 Å². The summed E-state index contributed by atoms with van der Waals surface area (Å²) in [6.07, 6.45) is 0. The number of hydrogen-bond donors (Lipinski definition) is 0. The Morgan fingerprint density at radius 3 is 2.00 bits per heavy atom. The highest BCUT2D eigenvalue weighted by molar-refractivity contribution is 6.03. The second-order valence-corrected chi connectivity index (χ2v) is 5.70. The standard InChI is InChI=1S/C18H27NO4/c1-5-19(6-2)11-12-22-17(20)15-9-7-8-10-16(15)18(21)23-13-14(3)4/h7-10,14H,5-6,11-13H2,1-4H3. The van der Waals surface area contributed by atoms with Crippen molar-refractivity contribution in [1.82, 2.24) is 4.90 Å². The van der Waals surface area contributed by atoms with Crippen LogP contribution in [-0.4, -0.2) is 49.7 Å². The average molecular weight is 321 g/mol. The van der Waals surface area contributed by atoms with Crippen LogP contribution in [0.1, 0.15) is 48.4 Å². The van der Waals surface area contributed by atoms with E-state index in [1.165, 1.54) is 0 Å². The fourth-order valence-electron chi connectivity index (χ4n) is 2.04. The highest BCUT2D eigenvalue weighted by Gasteiger charge is 2.19. The molecular formula is C18H27NO4. The predicted octanol–water partition coefficient (Wildman–Crippen LogP) is 3.00. The number of benzene rings is 1. The molecule has 0 fully saturated rings. The van der Waals surface area contributed by atoms with Gasteiger partial charge in [0, 0.05) is 6.54 Å². The second-order valence-electron chi connectivity index (χ2n) is 5.70. The first-order chi connectivity index (χ1) is 11.0. The van der Waals surface area contributed by atoms with Crippen LogP contribution in [0.4, 0.5) is 0 Å². The zero-order valence-corrected chi connectivity index (χ0v) is 14.5. The third-order valence-corrected chi connectivity index (χ3v) is 3.45. The van der Waals surface area contributed by atoms with Crippen molar-refractivity contribution in [1.29, 1.82) is 0 Å². The van der Waals surface area contributed by atoms with Crippen molar-refractivity contribution in [2.24, 2.45) is 5.92 Å². The van der Waals surface area contributed by atoms with Gasteiger partial charge in [0.05, 0.1) is 17.7 Å². The van der Waals surface area contributed by atoms with Crippen molar-refractivity contribution in [3.05, 3.63) is 35.4 Å². The van der Waals surface area contributed by atoms with Crippen molar-refractivity contribution >= 4 is 11.9 Å². The van der Waals surface area contributed by atoms with Gasteiger partial charge in [-0.15, -0.1) is 0 Å². The van der Waals surface area contributed by atoms with Crippen molar-refractivity contribution in [2.75, 3.05) is 32.8 Å². The Morgan fingerprint density at radius 1 is 1.00 bits per heavy atom. The normalized spacial score (nSPS) is 10.9. The summed E-state index contributed by atoms with van der Waals surface area (Å²) in [5, 5.41) is 0. The number of hydrogen-bond acceptors (Lipinski definition) is 5. The molecule has 0 saturated carbocycles. The van der Waals surface area contributed by atoms with E-state index in [0.717, 1.165) is 13.1 Å². The van der Waals surface area contributed by atoms with Crippen LogP contribution in [0.25, 0.3) is 0 Å². The monoisotopic (exact) mass is 321 g/mol. The molecule has 0 aliphatic heterocycles. The number of carbonyl (C=O) groups excluding carboxylic acids is 2. The molecule has 23 heavy (non-hydrogen) atoms. The molecule has 0 amide bonds. The third-order valence-electron chi connectivity index (χ3n) is 3.45. The third kappa shape index (κ3) is 6.40. The van der Waals surface area contributed by atoms with Crippen LogP contribution in [0.5, 0.6) is 0 Å². The summed E-state index contributed by atoms with van der Waals surface area (Å²) >= 11 is 0. The maximum Gasteiger partial charge on any atom is 0.339 e. The molecule has 0 saturated heterocycles. The van der Waals surface area contributed by atoms with Gasteiger partial charge in [-0.1, -0.05) is 39.8 Å². The maximum atomic E-state index is 12.2. The second kappa shape index (κ2) is 10.0. The van der Waals surface area contributed by atoms with Crippen LogP contribution in [-0.2, 0) is 9.47 Å². The molecule has 0 heterocycles. The largest absolute Gasteiger partial charge is 0.462 e. The van der Waals surface area contributed by atoms with Crippen LogP contribution in [0, 0.1) is 5.92 Å². The molecule has 5 nitrogen and oxygen atoms in total. The Labute approximate surface area is 138 Å². The summed E-state index contributed by atoms with van der Waals surface area (Å²) in [5.74, 6) is -0.739. The molecule has 0 aliphatic carbocycles. The number of nitrogens with zero attached hydrogens (tertiary/aromatic N) is 1. The van der Waals surface area contributed by atoms with Crippen molar-refractivity contribution in [3.8, 4) is 0 Å². The molecule has 0 unspecified atom stereocenters. The van der Waals surface area contributed by atoms with E-state index in [2.05, 4.69) is 18.7 Å². The van der Waals surface area contributed by atoms with E-state index >= 15 is 0 Å². The predicted molar refractivity (Wildman–Crippen MR) is 89.6 cm³/mol. The summed E-state index contributed by atoms with van der Waals surface area (Å²) in [5.41, 5.74) is 0.502. The highest BCUT2D eigenvalue weighted by Crippen LogP contribution is 2.12. The number of rotatable bonds is 9. The van der Waals surface area contributed by atoms with Crippen LogP contribution in [0.3, 0.4) is 0 Å². The highest BCUT2D eigenvalue weighted by atomic mass is 16.5. The Kier molecular flexibility index (Phi) is 8.33. The van der Waals surface area contributed by atoms with Crippen molar-refractivity contribution < 1.29 is 19.1 Å². The lowest BCUT2D eigenvalue weighted by Gasteiger charge is -2.17. The molecule has 1 aromatic carbocycles. The summed E-state index contributed by atoms with van der Waals surface area (Å²) in [7, 11) is 0. The first-order valence-corrected chi connectivity index (χ1v) is 8.15. The van der Waals surface area contributed by atoms with E-state index in [0.29, 0.717) is 19.8 Å². The molecular weight excluding hydrogens is 294 g/mol. The van der Waals surface area contributed by atoms with Crippen molar-refractivity contribution in [3.63, 3.8) is 0 Å². The van der Waals surface area contributed by atoms with Gasteiger partial charge < -0.3 is 14.4 Å². The lowest BCUT2D eigenvalue weighted by Crippen LogP contribution is -2.28. The SMILES string of the molecule is CCN(CC)CCOC(=O)c1ccccc1C(=O)OCC(C)C. The first kappa shape index (κ1) is 19.2. The quantitative estimate of drug-likeness (QED) is 0.654. The molecule has 1 rings (SSSR count). The zero-order chi connectivity index (χ0) is 17.2. The number of ether oxygens (including phenoxy) is 2. The Bertz CT molecular complexity index is 509. The fraction of sp³-hybridized carbons (Fsp3) is 0.556. The molecule has 0 spiro atoms. The van der Waals surface area contributed by atoms with Gasteiger partial charge in [-0.3, -0.25) is 0 Å². The average Bonchev–Trinajstić information content (AvgIpc) is 2.56. The van der Waals surface area contributed by atoms with E-state index < -0.39 is 11.9 Å². The molecule has 128 valence electrons. The van der Waals surface area contributed by atoms with Gasteiger partial charge >= 0.3 is 11.9 Å². The zero-order valence-electron chi connectivity index (χ0n) is 14.5. The smallest absolute Gasteiger partial charge is 0.339 e. The van der Waals surface area contributed by atoms with Crippen LogP contribution in [0.2, 0.25) is 0 Å². The van der Waals surface area contributed by atoms with E-state index in [-0.39, 0.29) is 17.0 Å². The van der Waals surface area contributed by atoms with Gasteiger partial charge in [0.25, 0.3) is 0 Å². The molecule has 5 heteroatoms. The van der Waals surface area contributed by atoms with E-state index in [9.17, 15) is 9.59 Å². The lowest BCUT2D eigenvalue weighted by molar-refractivity contribution is 0.0416. The summed E-state index contributed by atoms with van der Waals surface area (Å²) in [4.78, 5) is 26.5. The van der Waals surface area contributed by atoms with Gasteiger partial charge in [0.15, 0.2) is 0 Å². The first-order valence-electron chi connectivity index (χ1n) is 8.15. The summed E-state index contributed by atoms with van der Waals surface area (Å²) in [6, 6.07) is 6.59. The minimum atomic E-state index is -0.491. The minimum absolute atomic E-state index is 0.243. The van der Waals surface area contributed by atoms with Crippen LogP contribution < -0.4 is 0 Å². The number of carbonyl (C=O) groups is 2. The van der Waals surface area contributed by atoms with E-state index in [1.54, 1.807) is 24.3 Å². The van der Waals surface area contributed by atoms with Gasteiger partial charge in [-0.25, -0.2) is 9.59 Å². The van der Waals surface area contributed by atoms with E-state index in [1.807, 2.05) is 13.8 Å². The molecule has 1 aromatic rings. The van der Waals surface area contributed by atoms with E-state index in [4.69, 9.17) is 9.47 Å². The molecule has 0 aliphatic rings. The minimum Gasteiger partial charge on any atom is -0.462 e. The number of esters is 2. The summed E-state index contributed by atoms with van der Waals surface area (Å²) < 4.78 is 10.5. The maximum absolute atomic E-state index is 12.2. The van der Waals surface area contributed by atoms with Gasteiger partial charge in [0.1, 0.15) is 6.61 Å². The molecule has 0 atom stereocenters. The van der Waals surface area contributed by atoms with Crippen molar-refractivity contribution in [2.45, 2.75) is 27.7 Å². The lowest BCUT2D eigenvalue weighted by atomic mass is 10.1. The Hall–Kier alpha value is -1.88. The number of likely N-dealkylation sites (N-methyl/N-ethyl adjacent to an activating group) is 1. The molecule has 0 N–H and O–H groups in total. The van der Waals surface area contributed by atoms with Gasteiger partial charge in [0.2, 0.25) is 0 Å².